The fraction of sp³-hybridized carbons (Fsp3) is 0.438. The Morgan fingerprint density at radius 1 is 1.20 bits per heavy atom. The number of thiazole rings is 1. The molecule has 0 atom stereocenters. The SMILES string of the molecule is CCCCN(CCO)Cc1ncc(-c2ccccc2)s1. The van der Waals surface area contributed by atoms with Crippen molar-refractivity contribution >= 4 is 11.3 Å². The van der Waals surface area contributed by atoms with Crippen molar-refractivity contribution in [2.45, 2.75) is 26.3 Å². The number of hydrogen-bond donors (Lipinski definition) is 1. The lowest BCUT2D eigenvalue weighted by atomic mass is 10.2. The number of aromatic nitrogens is 1. The van der Waals surface area contributed by atoms with Gasteiger partial charge in [-0.2, -0.15) is 0 Å². The second-order valence-corrected chi connectivity index (χ2v) is 5.95. The lowest BCUT2D eigenvalue weighted by Crippen LogP contribution is -2.27. The molecule has 0 unspecified atom stereocenters. The fourth-order valence-electron chi connectivity index (χ4n) is 2.10. The zero-order valence-corrected chi connectivity index (χ0v) is 12.8. The highest BCUT2D eigenvalue weighted by atomic mass is 32.1. The van der Waals surface area contributed by atoms with Gasteiger partial charge >= 0.3 is 0 Å². The topological polar surface area (TPSA) is 36.4 Å². The van der Waals surface area contributed by atoms with E-state index >= 15 is 0 Å². The number of aliphatic hydroxyl groups is 1. The van der Waals surface area contributed by atoms with E-state index in [0.717, 1.165) is 31.1 Å². The smallest absolute Gasteiger partial charge is 0.107 e. The second kappa shape index (κ2) is 8.15. The summed E-state index contributed by atoms with van der Waals surface area (Å²) in [6.07, 6.45) is 4.29. The molecule has 0 fully saturated rings. The quantitative estimate of drug-likeness (QED) is 0.809. The summed E-state index contributed by atoms with van der Waals surface area (Å²) >= 11 is 1.74. The third-order valence-electron chi connectivity index (χ3n) is 3.21. The molecular weight excluding hydrogens is 268 g/mol. The summed E-state index contributed by atoms with van der Waals surface area (Å²) in [7, 11) is 0. The van der Waals surface area contributed by atoms with E-state index in [2.05, 4.69) is 28.9 Å². The molecule has 108 valence electrons. The van der Waals surface area contributed by atoms with Gasteiger partial charge in [0.15, 0.2) is 0 Å². The Morgan fingerprint density at radius 2 is 2.00 bits per heavy atom. The first-order valence-corrected chi connectivity index (χ1v) is 7.98. The summed E-state index contributed by atoms with van der Waals surface area (Å²) in [6, 6.07) is 10.3. The monoisotopic (exact) mass is 290 g/mol. The Bertz CT molecular complexity index is 498. The summed E-state index contributed by atoms with van der Waals surface area (Å²) in [5.74, 6) is 0. The van der Waals surface area contributed by atoms with E-state index in [9.17, 15) is 0 Å². The lowest BCUT2D eigenvalue weighted by Gasteiger charge is -2.19. The maximum Gasteiger partial charge on any atom is 0.107 e. The molecule has 3 nitrogen and oxygen atoms in total. The Hall–Kier alpha value is -1.23. The van der Waals surface area contributed by atoms with Crippen LogP contribution >= 0.6 is 11.3 Å². The lowest BCUT2D eigenvalue weighted by molar-refractivity contribution is 0.188. The van der Waals surface area contributed by atoms with Crippen molar-refractivity contribution in [1.29, 1.82) is 0 Å². The maximum atomic E-state index is 9.14. The highest BCUT2D eigenvalue weighted by Gasteiger charge is 2.09. The largest absolute Gasteiger partial charge is 0.395 e. The van der Waals surface area contributed by atoms with Gasteiger partial charge in [-0.3, -0.25) is 4.90 Å². The van der Waals surface area contributed by atoms with Crippen LogP contribution in [0, 0.1) is 0 Å². The number of aliphatic hydroxyl groups excluding tert-OH is 1. The van der Waals surface area contributed by atoms with Gasteiger partial charge in [0.1, 0.15) is 5.01 Å². The highest BCUT2D eigenvalue weighted by molar-refractivity contribution is 7.15. The van der Waals surface area contributed by atoms with Crippen LogP contribution in [0.25, 0.3) is 10.4 Å². The van der Waals surface area contributed by atoms with E-state index in [1.54, 1.807) is 11.3 Å². The predicted molar refractivity (Wildman–Crippen MR) is 84.8 cm³/mol. The van der Waals surface area contributed by atoms with Crippen molar-refractivity contribution in [3.8, 4) is 10.4 Å². The number of nitrogens with zero attached hydrogens (tertiary/aromatic N) is 2. The highest BCUT2D eigenvalue weighted by Crippen LogP contribution is 2.26. The Labute approximate surface area is 124 Å². The van der Waals surface area contributed by atoms with Gasteiger partial charge in [0.05, 0.1) is 18.0 Å². The molecule has 0 aliphatic carbocycles. The van der Waals surface area contributed by atoms with Crippen molar-refractivity contribution in [2.75, 3.05) is 19.7 Å². The van der Waals surface area contributed by atoms with Gasteiger partial charge in [-0.1, -0.05) is 43.7 Å². The summed E-state index contributed by atoms with van der Waals surface area (Å²) in [5.41, 5.74) is 1.22. The molecule has 0 radical (unpaired) electrons. The van der Waals surface area contributed by atoms with E-state index in [1.807, 2.05) is 24.4 Å². The van der Waals surface area contributed by atoms with Gasteiger partial charge in [0.25, 0.3) is 0 Å². The third kappa shape index (κ3) is 4.40. The first-order chi connectivity index (χ1) is 9.83. The molecule has 0 aliphatic rings. The van der Waals surface area contributed by atoms with E-state index in [-0.39, 0.29) is 6.61 Å². The average molecular weight is 290 g/mol. The van der Waals surface area contributed by atoms with Crippen LogP contribution in [-0.2, 0) is 6.54 Å². The summed E-state index contributed by atoms with van der Waals surface area (Å²) in [4.78, 5) is 8.00. The van der Waals surface area contributed by atoms with Crippen LogP contribution < -0.4 is 0 Å². The second-order valence-electron chi connectivity index (χ2n) is 4.84. The third-order valence-corrected chi connectivity index (χ3v) is 4.25. The molecule has 0 spiro atoms. The normalized spacial score (nSPS) is 11.2. The van der Waals surface area contributed by atoms with Crippen LogP contribution in [0.15, 0.2) is 36.5 Å². The minimum Gasteiger partial charge on any atom is -0.395 e. The van der Waals surface area contributed by atoms with Gasteiger partial charge < -0.3 is 5.11 Å². The fourth-order valence-corrected chi connectivity index (χ4v) is 3.07. The molecule has 0 bridgehead atoms. The summed E-state index contributed by atoms with van der Waals surface area (Å²) in [6.45, 7) is 4.98. The van der Waals surface area contributed by atoms with Crippen LogP contribution in [0.1, 0.15) is 24.8 Å². The van der Waals surface area contributed by atoms with Crippen molar-refractivity contribution in [3.05, 3.63) is 41.5 Å². The zero-order chi connectivity index (χ0) is 14.2. The molecule has 1 aromatic heterocycles. The van der Waals surface area contributed by atoms with Crippen LogP contribution in [0.2, 0.25) is 0 Å². The zero-order valence-electron chi connectivity index (χ0n) is 12.0. The molecule has 1 N–H and O–H groups in total. The van der Waals surface area contributed by atoms with Crippen molar-refractivity contribution < 1.29 is 5.11 Å². The van der Waals surface area contributed by atoms with Gasteiger partial charge in [0.2, 0.25) is 0 Å². The van der Waals surface area contributed by atoms with Gasteiger partial charge in [-0.15, -0.1) is 11.3 Å². The van der Waals surface area contributed by atoms with Crippen molar-refractivity contribution in [2.24, 2.45) is 0 Å². The first-order valence-electron chi connectivity index (χ1n) is 7.16. The van der Waals surface area contributed by atoms with Gasteiger partial charge in [-0.25, -0.2) is 4.98 Å². The predicted octanol–water partition coefficient (Wildman–Crippen LogP) is 3.40. The molecule has 4 heteroatoms. The maximum absolute atomic E-state index is 9.14. The van der Waals surface area contributed by atoms with Crippen molar-refractivity contribution in [3.63, 3.8) is 0 Å². The molecule has 0 saturated heterocycles. The van der Waals surface area contributed by atoms with E-state index < -0.39 is 0 Å². The summed E-state index contributed by atoms with van der Waals surface area (Å²) < 4.78 is 0. The first kappa shape index (κ1) is 15.2. The van der Waals surface area contributed by atoms with Crippen LogP contribution in [0.5, 0.6) is 0 Å². The molecule has 0 saturated carbocycles. The van der Waals surface area contributed by atoms with Gasteiger partial charge in [-0.05, 0) is 18.5 Å². The van der Waals surface area contributed by atoms with Gasteiger partial charge in [0, 0.05) is 12.7 Å². The molecule has 0 aliphatic heterocycles. The van der Waals surface area contributed by atoms with E-state index in [0.29, 0.717) is 0 Å². The molecule has 2 aromatic rings. The number of hydrogen-bond acceptors (Lipinski definition) is 4. The Kier molecular flexibility index (Phi) is 6.18. The Morgan fingerprint density at radius 3 is 2.70 bits per heavy atom. The molecule has 0 amide bonds. The minimum absolute atomic E-state index is 0.209. The number of rotatable bonds is 8. The van der Waals surface area contributed by atoms with Crippen LogP contribution in [0.3, 0.4) is 0 Å². The molecular formula is C16H22N2OS. The van der Waals surface area contributed by atoms with Crippen LogP contribution in [-0.4, -0.2) is 34.7 Å². The molecule has 2 rings (SSSR count). The van der Waals surface area contributed by atoms with E-state index in [4.69, 9.17) is 5.11 Å². The van der Waals surface area contributed by atoms with E-state index in [1.165, 1.54) is 16.9 Å². The van der Waals surface area contributed by atoms with Crippen molar-refractivity contribution in [1.82, 2.24) is 9.88 Å². The minimum atomic E-state index is 0.209. The summed E-state index contributed by atoms with van der Waals surface area (Å²) in [5, 5.41) is 10.3. The average Bonchev–Trinajstić information content (AvgIpc) is 2.94. The number of unbranched alkanes of at least 4 members (excludes halogenated alkanes) is 1. The number of benzene rings is 1. The molecule has 1 aromatic carbocycles. The standard InChI is InChI=1S/C16H22N2OS/c1-2-3-9-18(10-11-19)13-16-17-12-15(20-16)14-7-5-4-6-8-14/h4-8,12,19H,2-3,9-11,13H2,1H3. The molecule has 20 heavy (non-hydrogen) atoms. The van der Waals surface area contributed by atoms with Crippen LogP contribution in [0.4, 0.5) is 0 Å². The Balaban J connectivity index is 2.00. The molecule has 1 heterocycles.